The number of hydrogen-bond donors (Lipinski definition) is 0. The van der Waals surface area contributed by atoms with Crippen molar-refractivity contribution in [2.75, 3.05) is 19.0 Å². The Morgan fingerprint density at radius 3 is 2.34 bits per heavy atom. The summed E-state index contributed by atoms with van der Waals surface area (Å²) in [6.07, 6.45) is 0. The van der Waals surface area contributed by atoms with Gasteiger partial charge < -0.3 is 9.64 Å². The number of pyridine rings is 1. The van der Waals surface area contributed by atoms with Gasteiger partial charge in [-0.25, -0.2) is 14.6 Å². The third-order valence-corrected chi connectivity index (χ3v) is 5.13. The Hall–Kier alpha value is -2.89. The molecule has 0 bridgehead atoms. The molecule has 3 aromatic rings. The van der Waals surface area contributed by atoms with Crippen molar-refractivity contribution in [3.05, 3.63) is 53.9 Å². The van der Waals surface area contributed by atoms with E-state index in [-0.39, 0.29) is 11.5 Å². The Labute approximate surface area is 173 Å². The lowest BCUT2D eigenvalue weighted by Crippen LogP contribution is -2.25. The van der Waals surface area contributed by atoms with Crippen molar-refractivity contribution in [3.8, 4) is 17.3 Å². The first-order valence-corrected chi connectivity index (χ1v) is 9.95. The molecule has 0 aliphatic rings. The summed E-state index contributed by atoms with van der Waals surface area (Å²) in [4.78, 5) is 11.5. The van der Waals surface area contributed by atoms with Gasteiger partial charge in [0.1, 0.15) is 23.9 Å². The maximum atomic E-state index is 6.01. The number of rotatable bonds is 6. The zero-order valence-corrected chi connectivity index (χ0v) is 18.5. The molecule has 0 amide bonds. The molecule has 2 aromatic heterocycles. The van der Waals surface area contributed by atoms with Crippen LogP contribution in [-0.2, 0) is 6.61 Å². The fourth-order valence-corrected chi connectivity index (χ4v) is 2.82. The molecule has 2 heterocycles. The molecule has 29 heavy (non-hydrogen) atoms. The average Bonchev–Trinajstić information content (AvgIpc) is 3.10. The van der Waals surface area contributed by atoms with Crippen LogP contribution in [0.15, 0.2) is 42.5 Å². The normalized spacial score (nSPS) is 12.7. The summed E-state index contributed by atoms with van der Waals surface area (Å²) in [5.74, 6) is 3.11. The molecule has 154 valence electrons. The minimum Gasteiger partial charge on any atom is -0.486 e. The highest BCUT2D eigenvalue weighted by atomic mass is 16.5. The van der Waals surface area contributed by atoms with Crippen molar-refractivity contribution in [3.63, 3.8) is 0 Å². The van der Waals surface area contributed by atoms with Crippen molar-refractivity contribution >= 4 is 5.82 Å². The fourth-order valence-electron chi connectivity index (χ4n) is 2.82. The van der Waals surface area contributed by atoms with Gasteiger partial charge in [-0.05, 0) is 43.5 Å². The summed E-state index contributed by atoms with van der Waals surface area (Å²) < 4.78 is 7.99. The number of ether oxygens (including phenoxy) is 1. The van der Waals surface area contributed by atoms with Gasteiger partial charge in [0, 0.05) is 14.1 Å². The molecule has 0 spiro atoms. The summed E-state index contributed by atoms with van der Waals surface area (Å²) in [7, 11) is 3.95. The first kappa shape index (κ1) is 20.8. The van der Waals surface area contributed by atoms with Crippen LogP contribution in [0.25, 0.3) is 11.5 Å². The van der Waals surface area contributed by atoms with E-state index in [2.05, 4.69) is 34.6 Å². The largest absolute Gasteiger partial charge is 0.486 e. The van der Waals surface area contributed by atoms with E-state index >= 15 is 0 Å². The van der Waals surface area contributed by atoms with E-state index < -0.39 is 0 Å². The Kier molecular flexibility index (Phi) is 5.91. The molecule has 3 rings (SSSR count). The summed E-state index contributed by atoms with van der Waals surface area (Å²) in [5.41, 5.74) is 1.99. The van der Waals surface area contributed by atoms with Gasteiger partial charge in [0.05, 0.1) is 6.04 Å². The first-order chi connectivity index (χ1) is 13.6. The second-order valence-corrected chi connectivity index (χ2v) is 8.72. The average molecular weight is 394 g/mol. The minimum absolute atomic E-state index is 0.0303. The van der Waals surface area contributed by atoms with Gasteiger partial charge in [-0.15, -0.1) is 5.10 Å². The van der Waals surface area contributed by atoms with E-state index in [0.717, 1.165) is 23.1 Å². The van der Waals surface area contributed by atoms with E-state index in [4.69, 9.17) is 19.8 Å². The third-order valence-electron chi connectivity index (χ3n) is 5.13. The van der Waals surface area contributed by atoms with E-state index in [1.54, 1.807) is 0 Å². The fraction of sp³-hybridized carbons (Fsp3) is 0.435. The lowest BCUT2D eigenvalue weighted by atomic mass is 9.88. The molecule has 0 saturated carbocycles. The van der Waals surface area contributed by atoms with Gasteiger partial charge in [-0.2, -0.15) is 0 Å². The first-order valence-electron chi connectivity index (χ1n) is 9.95. The topological polar surface area (TPSA) is 56.1 Å². The summed E-state index contributed by atoms with van der Waals surface area (Å²) >= 11 is 0. The van der Waals surface area contributed by atoms with Crippen LogP contribution >= 0.6 is 0 Å². The van der Waals surface area contributed by atoms with Gasteiger partial charge in [0.25, 0.3) is 0 Å². The zero-order valence-electron chi connectivity index (χ0n) is 18.5. The number of aromatic nitrogens is 4. The summed E-state index contributed by atoms with van der Waals surface area (Å²) in [5, 5.41) is 4.82. The molecular weight excluding hydrogens is 362 g/mol. The van der Waals surface area contributed by atoms with Crippen molar-refractivity contribution < 1.29 is 4.74 Å². The molecule has 0 N–H and O–H groups in total. The smallest absolute Gasteiger partial charge is 0.200 e. The highest BCUT2D eigenvalue weighted by Crippen LogP contribution is 2.31. The lowest BCUT2D eigenvalue weighted by molar-refractivity contribution is 0.218. The van der Waals surface area contributed by atoms with Crippen molar-refractivity contribution in [1.82, 2.24) is 19.7 Å². The van der Waals surface area contributed by atoms with Gasteiger partial charge in [-0.3, -0.25) is 0 Å². The monoisotopic (exact) mass is 393 g/mol. The van der Waals surface area contributed by atoms with Crippen LogP contribution in [0.5, 0.6) is 5.75 Å². The molecule has 1 atom stereocenters. The summed E-state index contributed by atoms with van der Waals surface area (Å²) in [6.45, 7) is 11.2. The van der Waals surface area contributed by atoms with E-state index in [1.807, 2.05) is 66.1 Å². The van der Waals surface area contributed by atoms with Crippen LogP contribution in [0, 0.1) is 12.3 Å². The van der Waals surface area contributed by atoms with E-state index in [9.17, 15) is 0 Å². The highest BCUT2D eigenvalue weighted by molar-refractivity contribution is 5.53. The van der Waals surface area contributed by atoms with Crippen LogP contribution in [0.4, 0.5) is 5.82 Å². The quantitative estimate of drug-likeness (QED) is 0.596. The molecule has 0 fully saturated rings. The molecule has 1 aromatic carbocycles. The van der Waals surface area contributed by atoms with Crippen LogP contribution in [-0.4, -0.2) is 33.8 Å². The molecule has 0 saturated heterocycles. The van der Waals surface area contributed by atoms with Gasteiger partial charge in [0.2, 0.25) is 0 Å². The Balaban J connectivity index is 1.95. The van der Waals surface area contributed by atoms with E-state index in [1.165, 1.54) is 5.56 Å². The standard InChI is InChI=1S/C23H31N5O/c1-16-11-13-18(14-12-16)29-15-21-25-22(26-28(21)17(2)23(3,4)5)19-9-8-10-20(24-19)27(6)7/h8-14,17H,15H2,1-7H3. The van der Waals surface area contributed by atoms with Crippen LogP contribution in [0.3, 0.4) is 0 Å². The van der Waals surface area contributed by atoms with Crippen molar-refractivity contribution in [2.24, 2.45) is 5.41 Å². The van der Waals surface area contributed by atoms with E-state index in [0.29, 0.717) is 12.4 Å². The molecule has 1 unspecified atom stereocenters. The molecule has 6 heteroatoms. The lowest BCUT2D eigenvalue weighted by Gasteiger charge is -2.28. The third kappa shape index (κ3) is 4.94. The zero-order chi connectivity index (χ0) is 21.2. The highest BCUT2D eigenvalue weighted by Gasteiger charge is 2.26. The van der Waals surface area contributed by atoms with Gasteiger partial charge in [-0.1, -0.05) is 44.5 Å². The maximum absolute atomic E-state index is 6.01. The molecule has 0 aliphatic carbocycles. The summed E-state index contributed by atoms with van der Waals surface area (Å²) in [6, 6.07) is 14.1. The maximum Gasteiger partial charge on any atom is 0.200 e. The van der Waals surface area contributed by atoms with Crippen LogP contribution in [0.2, 0.25) is 0 Å². The van der Waals surface area contributed by atoms with Crippen molar-refractivity contribution in [1.29, 1.82) is 0 Å². The number of hydrogen-bond acceptors (Lipinski definition) is 5. The van der Waals surface area contributed by atoms with Crippen LogP contribution < -0.4 is 9.64 Å². The molecule has 6 nitrogen and oxygen atoms in total. The SMILES string of the molecule is Cc1ccc(OCc2nc(-c3cccc(N(C)C)n3)nn2C(C)C(C)(C)C)cc1. The predicted molar refractivity (Wildman–Crippen MR) is 117 cm³/mol. The molecule has 0 radical (unpaired) electrons. The van der Waals surface area contributed by atoms with Gasteiger partial charge >= 0.3 is 0 Å². The Morgan fingerprint density at radius 1 is 1.03 bits per heavy atom. The van der Waals surface area contributed by atoms with Gasteiger partial charge in [0.15, 0.2) is 11.6 Å². The van der Waals surface area contributed by atoms with Crippen molar-refractivity contribution in [2.45, 2.75) is 47.3 Å². The van der Waals surface area contributed by atoms with Crippen LogP contribution in [0.1, 0.15) is 45.1 Å². The predicted octanol–water partition coefficient (Wildman–Crippen LogP) is 4.90. The number of anilines is 1. The Bertz CT molecular complexity index is 954. The minimum atomic E-state index is 0.0303. The second-order valence-electron chi connectivity index (χ2n) is 8.72. The number of aryl methyl sites for hydroxylation is 1. The second kappa shape index (κ2) is 8.23. The Morgan fingerprint density at radius 2 is 1.72 bits per heavy atom. The molecular formula is C23H31N5O. The molecule has 0 aliphatic heterocycles. The number of benzene rings is 1. The number of nitrogens with zero attached hydrogens (tertiary/aromatic N) is 5.